The first-order valence-corrected chi connectivity index (χ1v) is 5.56. The molecule has 0 atom stereocenters. The zero-order valence-corrected chi connectivity index (χ0v) is 9.48. The SMILES string of the molecule is O=C(O)c1ccc(-c2ccc(Cl)c(F)c2)s1. The predicted octanol–water partition coefficient (Wildman–Crippen LogP) is 3.91. The zero-order chi connectivity index (χ0) is 11.7. The summed E-state index contributed by atoms with van der Waals surface area (Å²) in [7, 11) is 0. The minimum Gasteiger partial charge on any atom is -0.477 e. The monoisotopic (exact) mass is 256 g/mol. The number of halogens is 2. The van der Waals surface area contributed by atoms with E-state index in [0.29, 0.717) is 10.4 Å². The standard InChI is InChI=1S/C11H6ClFO2S/c12-7-2-1-6(5-8(7)13)9-3-4-10(16-9)11(14)15/h1-5H,(H,14,15). The molecule has 16 heavy (non-hydrogen) atoms. The molecular weight excluding hydrogens is 251 g/mol. The van der Waals surface area contributed by atoms with Crippen LogP contribution in [0.15, 0.2) is 30.3 Å². The average molecular weight is 257 g/mol. The number of benzene rings is 1. The van der Waals surface area contributed by atoms with E-state index in [0.717, 1.165) is 11.3 Å². The van der Waals surface area contributed by atoms with Gasteiger partial charge in [0.05, 0.1) is 5.02 Å². The molecule has 0 radical (unpaired) electrons. The number of rotatable bonds is 2. The molecule has 0 aliphatic carbocycles. The molecule has 0 spiro atoms. The van der Waals surface area contributed by atoms with Crippen molar-refractivity contribution < 1.29 is 14.3 Å². The van der Waals surface area contributed by atoms with E-state index >= 15 is 0 Å². The average Bonchev–Trinajstić information content (AvgIpc) is 2.71. The summed E-state index contributed by atoms with van der Waals surface area (Å²) in [6.45, 7) is 0. The summed E-state index contributed by atoms with van der Waals surface area (Å²) in [5.41, 5.74) is 0.624. The van der Waals surface area contributed by atoms with Gasteiger partial charge in [0.2, 0.25) is 0 Å². The van der Waals surface area contributed by atoms with Crippen LogP contribution in [0.3, 0.4) is 0 Å². The van der Waals surface area contributed by atoms with Gasteiger partial charge >= 0.3 is 5.97 Å². The van der Waals surface area contributed by atoms with Crippen molar-refractivity contribution in [1.29, 1.82) is 0 Å². The molecule has 1 aromatic heterocycles. The van der Waals surface area contributed by atoms with E-state index in [2.05, 4.69) is 0 Å². The first-order valence-electron chi connectivity index (χ1n) is 4.36. The molecule has 0 amide bonds. The smallest absolute Gasteiger partial charge is 0.345 e. The lowest BCUT2D eigenvalue weighted by Gasteiger charge is -1.98. The van der Waals surface area contributed by atoms with Crippen LogP contribution in [0.5, 0.6) is 0 Å². The third kappa shape index (κ3) is 2.08. The molecule has 0 fully saturated rings. The Bertz CT molecular complexity index is 551. The third-order valence-corrected chi connectivity index (χ3v) is 3.45. The lowest BCUT2D eigenvalue weighted by Crippen LogP contribution is -1.89. The van der Waals surface area contributed by atoms with Gasteiger partial charge in [0.25, 0.3) is 0 Å². The van der Waals surface area contributed by atoms with Crippen molar-refractivity contribution in [2.24, 2.45) is 0 Å². The fourth-order valence-corrected chi connectivity index (χ4v) is 2.22. The Labute approximate surface area is 99.9 Å². The van der Waals surface area contributed by atoms with Crippen molar-refractivity contribution in [2.45, 2.75) is 0 Å². The molecule has 1 heterocycles. The highest BCUT2D eigenvalue weighted by atomic mass is 35.5. The highest BCUT2D eigenvalue weighted by Crippen LogP contribution is 2.30. The lowest BCUT2D eigenvalue weighted by molar-refractivity contribution is 0.0702. The molecule has 0 aliphatic rings. The van der Waals surface area contributed by atoms with Crippen molar-refractivity contribution >= 4 is 28.9 Å². The molecule has 5 heteroatoms. The van der Waals surface area contributed by atoms with Gasteiger partial charge in [-0.05, 0) is 29.8 Å². The Balaban J connectivity index is 2.42. The predicted molar refractivity (Wildman–Crippen MR) is 61.7 cm³/mol. The normalized spacial score (nSPS) is 10.4. The van der Waals surface area contributed by atoms with Crippen LogP contribution in [0.1, 0.15) is 9.67 Å². The van der Waals surface area contributed by atoms with Crippen LogP contribution < -0.4 is 0 Å². The molecule has 0 unspecified atom stereocenters. The van der Waals surface area contributed by atoms with Gasteiger partial charge < -0.3 is 5.11 Å². The van der Waals surface area contributed by atoms with Gasteiger partial charge in [-0.2, -0.15) is 0 Å². The number of hydrogen-bond acceptors (Lipinski definition) is 2. The molecule has 2 aromatic rings. The first kappa shape index (κ1) is 11.1. The highest BCUT2D eigenvalue weighted by molar-refractivity contribution is 7.17. The number of carboxylic acid groups (broad SMARTS) is 1. The molecule has 0 aliphatic heterocycles. The molecular formula is C11H6ClFO2S. The molecule has 1 aromatic carbocycles. The summed E-state index contributed by atoms with van der Waals surface area (Å²) in [5, 5.41) is 8.81. The van der Waals surface area contributed by atoms with E-state index < -0.39 is 11.8 Å². The summed E-state index contributed by atoms with van der Waals surface area (Å²) in [4.78, 5) is 11.6. The quantitative estimate of drug-likeness (QED) is 0.885. The summed E-state index contributed by atoms with van der Waals surface area (Å²) >= 11 is 6.66. The Morgan fingerprint density at radius 2 is 2.06 bits per heavy atom. The van der Waals surface area contributed by atoms with Gasteiger partial charge in [0, 0.05) is 4.88 Å². The Morgan fingerprint density at radius 3 is 2.62 bits per heavy atom. The van der Waals surface area contributed by atoms with E-state index in [1.54, 1.807) is 12.1 Å². The number of aromatic carboxylic acids is 1. The largest absolute Gasteiger partial charge is 0.477 e. The molecule has 1 N–H and O–H groups in total. The van der Waals surface area contributed by atoms with Crippen LogP contribution in [0.25, 0.3) is 10.4 Å². The number of carboxylic acids is 1. The van der Waals surface area contributed by atoms with Crippen LogP contribution in [0.2, 0.25) is 5.02 Å². The van der Waals surface area contributed by atoms with Crippen LogP contribution in [-0.4, -0.2) is 11.1 Å². The molecule has 0 saturated carbocycles. The van der Waals surface area contributed by atoms with Crippen LogP contribution in [-0.2, 0) is 0 Å². The zero-order valence-electron chi connectivity index (χ0n) is 7.91. The Kier molecular flexibility index (Phi) is 2.94. The summed E-state index contributed by atoms with van der Waals surface area (Å²) in [5.74, 6) is -1.49. The second-order valence-corrected chi connectivity index (χ2v) is 4.59. The van der Waals surface area contributed by atoms with E-state index in [-0.39, 0.29) is 9.90 Å². The van der Waals surface area contributed by atoms with E-state index in [1.165, 1.54) is 18.2 Å². The molecule has 82 valence electrons. The van der Waals surface area contributed by atoms with Gasteiger partial charge in [-0.25, -0.2) is 9.18 Å². The third-order valence-electron chi connectivity index (χ3n) is 2.02. The molecule has 0 saturated heterocycles. The summed E-state index contributed by atoms with van der Waals surface area (Å²) in [6.07, 6.45) is 0. The maximum absolute atomic E-state index is 13.2. The Hall–Kier alpha value is -1.39. The van der Waals surface area contributed by atoms with Crippen molar-refractivity contribution in [3.63, 3.8) is 0 Å². The fraction of sp³-hybridized carbons (Fsp3) is 0. The van der Waals surface area contributed by atoms with E-state index in [1.807, 2.05) is 0 Å². The maximum atomic E-state index is 13.2. The van der Waals surface area contributed by atoms with Gasteiger partial charge in [0.1, 0.15) is 10.7 Å². The molecule has 2 rings (SSSR count). The highest BCUT2D eigenvalue weighted by Gasteiger charge is 2.09. The second-order valence-electron chi connectivity index (χ2n) is 3.10. The lowest BCUT2D eigenvalue weighted by atomic mass is 10.2. The van der Waals surface area contributed by atoms with Crippen LogP contribution in [0.4, 0.5) is 4.39 Å². The minimum absolute atomic E-state index is 0.0544. The van der Waals surface area contributed by atoms with Crippen LogP contribution in [0, 0.1) is 5.82 Å². The van der Waals surface area contributed by atoms with Crippen molar-refractivity contribution in [2.75, 3.05) is 0 Å². The summed E-state index contributed by atoms with van der Waals surface area (Å²) in [6, 6.07) is 7.54. The second kappa shape index (κ2) is 4.23. The number of hydrogen-bond donors (Lipinski definition) is 1. The minimum atomic E-state index is -0.981. The maximum Gasteiger partial charge on any atom is 0.345 e. The van der Waals surface area contributed by atoms with Crippen molar-refractivity contribution in [3.8, 4) is 10.4 Å². The molecule has 0 bridgehead atoms. The van der Waals surface area contributed by atoms with Gasteiger partial charge in [-0.15, -0.1) is 11.3 Å². The number of carbonyl (C=O) groups is 1. The Morgan fingerprint density at radius 1 is 1.31 bits per heavy atom. The van der Waals surface area contributed by atoms with Crippen molar-refractivity contribution in [3.05, 3.63) is 46.0 Å². The summed E-state index contributed by atoms with van der Waals surface area (Å²) < 4.78 is 13.2. The van der Waals surface area contributed by atoms with E-state index in [4.69, 9.17) is 16.7 Å². The van der Waals surface area contributed by atoms with E-state index in [9.17, 15) is 9.18 Å². The first-order chi connectivity index (χ1) is 7.58. The van der Waals surface area contributed by atoms with Gasteiger partial charge in [-0.3, -0.25) is 0 Å². The van der Waals surface area contributed by atoms with Gasteiger partial charge in [0.15, 0.2) is 0 Å². The number of thiophene rings is 1. The fourth-order valence-electron chi connectivity index (χ4n) is 1.26. The van der Waals surface area contributed by atoms with Crippen LogP contribution >= 0.6 is 22.9 Å². The molecule has 2 nitrogen and oxygen atoms in total. The topological polar surface area (TPSA) is 37.3 Å². The van der Waals surface area contributed by atoms with Crippen molar-refractivity contribution in [1.82, 2.24) is 0 Å². The van der Waals surface area contributed by atoms with Gasteiger partial charge in [-0.1, -0.05) is 17.7 Å².